The van der Waals surface area contributed by atoms with E-state index in [1.54, 1.807) is 31.2 Å². The highest BCUT2D eigenvalue weighted by Gasteiger charge is 2.34. The van der Waals surface area contributed by atoms with Gasteiger partial charge in [0.25, 0.3) is 11.8 Å². The number of rotatable bonds is 6. The van der Waals surface area contributed by atoms with Crippen molar-refractivity contribution in [2.45, 2.75) is 6.92 Å². The van der Waals surface area contributed by atoms with Crippen LogP contribution < -0.4 is 11.1 Å². The molecule has 1 aliphatic rings. The number of urea groups is 1. The minimum Gasteiger partial charge on any atom is -0.449 e. The smallest absolute Gasteiger partial charge is 0.418 e. The molecular formula is C16H20N4O5. The third-order valence-corrected chi connectivity index (χ3v) is 3.58. The van der Waals surface area contributed by atoms with E-state index in [0.717, 1.165) is 9.80 Å². The zero-order chi connectivity index (χ0) is 18.4. The van der Waals surface area contributed by atoms with Crippen molar-refractivity contribution in [3.05, 3.63) is 35.4 Å². The van der Waals surface area contributed by atoms with Gasteiger partial charge in [-0.15, -0.1) is 0 Å². The quantitative estimate of drug-likeness (QED) is 0.718. The van der Waals surface area contributed by atoms with Crippen LogP contribution in [0.3, 0.4) is 0 Å². The molecule has 1 aliphatic heterocycles. The van der Waals surface area contributed by atoms with E-state index in [-0.39, 0.29) is 32.8 Å². The van der Waals surface area contributed by atoms with E-state index in [9.17, 15) is 19.2 Å². The molecule has 1 heterocycles. The second-order valence-corrected chi connectivity index (χ2v) is 5.18. The van der Waals surface area contributed by atoms with Crippen molar-refractivity contribution < 1.29 is 23.9 Å². The lowest BCUT2D eigenvalue weighted by Gasteiger charge is -2.20. The molecule has 25 heavy (non-hydrogen) atoms. The number of nitrogens with two attached hydrogens (primary N) is 1. The van der Waals surface area contributed by atoms with Gasteiger partial charge in [-0.2, -0.15) is 0 Å². The second kappa shape index (κ2) is 8.25. The van der Waals surface area contributed by atoms with Crippen molar-refractivity contribution in [2.24, 2.45) is 5.73 Å². The Morgan fingerprint density at radius 1 is 1.20 bits per heavy atom. The van der Waals surface area contributed by atoms with Crippen molar-refractivity contribution in [2.75, 3.05) is 32.8 Å². The summed E-state index contributed by atoms with van der Waals surface area (Å²) in [4.78, 5) is 50.1. The Morgan fingerprint density at radius 2 is 1.80 bits per heavy atom. The molecule has 0 atom stereocenters. The molecule has 0 bridgehead atoms. The van der Waals surface area contributed by atoms with Gasteiger partial charge in [0, 0.05) is 26.2 Å². The van der Waals surface area contributed by atoms with Crippen LogP contribution in [0, 0.1) is 0 Å². The van der Waals surface area contributed by atoms with Gasteiger partial charge in [-0.25, -0.2) is 14.5 Å². The van der Waals surface area contributed by atoms with Crippen LogP contribution in [0.2, 0.25) is 0 Å². The predicted molar refractivity (Wildman–Crippen MR) is 88.0 cm³/mol. The lowest BCUT2D eigenvalue weighted by atomic mass is 10.1. The Morgan fingerprint density at radius 3 is 2.32 bits per heavy atom. The van der Waals surface area contributed by atoms with Gasteiger partial charge in [-0.05, 0) is 19.1 Å². The standard InChI is InChI=1S/C16H20N4O5/c1-2-25-16(24)20(9-7-17)15(23)18-8-10-19-13(21)11-5-3-4-6-12(11)14(19)22/h3-6H,2,7-10,17H2,1H3,(H,18,23). The number of hydrogen-bond acceptors (Lipinski definition) is 6. The number of imide groups is 2. The van der Waals surface area contributed by atoms with Crippen molar-refractivity contribution in [1.29, 1.82) is 0 Å². The summed E-state index contributed by atoms with van der Waals surface area (Å²) >= 11 is 0. The summed E-state index contributed by atoms with van der Waals surface area (Å²) in [7, 11) is 0. The Bertz CT molecular complexity index is 656. The average molecular weight is 348 g/mol. The molecule has 0 saturated heterocycles. The van der Waals surface area contributed by atoms with Crippen LogP contribution in [-0.2, 0) is 4.74 Å². The third kappa shape index (κ3) is 3.94. The number of amides is 5. The number of carbonyl (C=O) groups is 4. The van der Waals surface area contributed by atoms with Crippen LogP contribution in [-0.4, -0.2) is 66.5 Å². The minimum atomic E-state index is -0.800. The van der Waals surface area contributed by atoms with Crippen molar-refractivity contribution in [3.63, 3.8) is 0 Å². The minimum absolute atomic E-state index is 0.00230. The van der Waals surface area contributed by atoms with E-state index >= 15 is 0 Å². The number of nitrogens with one attached hydrogen (secondary N) is 1. The van der Waals surface area contributed by atoms with Gasteiger partial charge >= 0.3 is 12.1 Å². The molecule has 0 fully saturated rings. The molecule has 5 amide bonds. The van der Waals surface area contributed by atoms with Gasteiger partial charge in [-0.3, -0.25) is 14.5 Å². The molecule has 0 saturated carbocycles. The average Bonchev–Trinajstić information content (AvgIpc) is 2.85. The molecule has 1 aromatic carbocycles. The fraction of sp³-hybridized carbons (Fsp3) is 0.375. The first-order valence-electron chi connectivity index (χ1n) is 7.88. The molecule has 0 aromatic heterocycles. The first kappa shape index (κ1) is 18.4. The Kier molecular flexibility index (Phi) is 6.07. The van der Waals surface area contributed by atoms with Crippen LogP contribution in [0.4, 0.5) is 9.59 Å². The van der Waals surface area contributed by atoms with Gasteiger partial charge in [0.1, 0.15) is 0 Å². The molecular weight excluding hydrogens is 328 g/mol. The van der Waals surface area contributed by atoms with Crippen molar-refractivity contribution >= 4 is 23.9 Å². The van der Waals surface area contributed by atoms with E-state index in [2.05, 4.69) is 5.32 Å². The van der Waals surface area contributed by atoms with Gasteiger partial charge in [0.15, 0.2) is 0 Å². The number of carbonyl (C=O) groups excluding carboxylic acids is 4. The topological polar surface area (TPSA) is 122 Å². The zero-order valence-electron chi connectivity index (χ0n) is 13.9. The molecule has 0 unspecified atom stereocenters. The molecule has 9 heteroatoms. The zero-order valence-corrected chi connectivity index (χ0v) is 13.9. The Balaban J connectivity index is 1.92. The number of fused-ring (bicyclic) bond motifs is 1. The number of nitrogens with zero attached hydrogens (tertiary/aromatic N) is 2. The maximum absolute atomic E-state index is 12.2. The van der Waals surface area contributed by atoms with E-state index in [0.29, 0.717) is 11.1 Å². The summed E-state index contributed by atoms with van der Waals surface area (Å²) in [5, 5.41) is 2.49. The molecule has 1 aromatic rings. The molecule has 134 valence electrons. The first-order chi connectivity index (χ1) is 12.0. The van der Waals surface area contributed by atoms with Gasteiger partial charge < -0.3 is 15.8 Å². The molecule has 0 spiro atoms. The first-order valence-corrected chi connectivity index (χ1v) is 7.88. The maximum Gasteiger partial charge on any atom is 0.418 e. The number of ether oxygens (including phenoxy) is 1. The van der Waals surface area contributed by atoms with Crippen LogP contribution in [0.15, 0.2) is 24.3 Å². The third-order valence-electron chi connectivity index (χ3n) is 3.58. The lowest BCUT2D eigenvalue weighted by Crippen LogP contribution is -2.48. The van der Waals surface area contributed by atoms with Crippen molar-refractivity contribution in [1.82, 2.24) is 15.1 Å². The van der Waals surface area contributed by atoms with E-state index in [1.807, 2.05) is 0 Å². The van der Waals surface area contributed by atoms with Crippen LogP contribution in [0.1, 0.15) is 27.6 Å². The highest BCUT2D eigenvalue weighted by molar-refractivity contribution is 6.21. The van der Waals surface area contributed by atoms with E-state index in [4.69, 9.17) is 10.5 Å². The maximum atomic E-state index is 12.2. The largest absolute Gasteiger partial charge is 0.449 e. The summed E-state index contributed by atoms with van der Waals surface area (Å²) in [6, 6.07) is 5.83. The summed E-state index contributed by atoms with van der Waals surface area (Å²) in [5.74, 6) is -0.807. The summed E-state index contributed by atoms with van der Waals surface area (Å²) in [6.45, 7) is 1.84. The highest BCUT2D eigenvalue weighted by atomic mass is 16.6. The second-order valence-electron chi connectivity index (χ2n) is 5.18. The van der Waals surface area contributed by atoms with Crippen LogP contribution in [0.5, 0.6) is 0 Å². The van der Waals surface area contributed by atoms with Gasteiger partial charge in [-0.1, -0.05) is 12.1 Å². The predicted octanol–water partition coefficient (Wildman–Crippen LogP) is 0.409. The lowest BCUT2D eigenvalue weighted by molar-refractivity contribution is 0.0653. The molecule has 3 N–H and O–H groups in total. The van der Waals surface area contributed by atoms with Crippen molar-refractivity contribution in [3.8, 4) is 0 Å². The van der Waals surface area contributed by atoms with E-state index in [1.165, 1.54) is 0 Å². The summed E-state index contributed by atoms with van der Waals surface area (Å²) in [6.07, 6.45) is -0.800. The molecule has 9 nitrogen and oxygen atoms in total. The molecule has 0 radical (unpaired) electrons. The monoisotopic (exact) mass is 348 g/mol. The van der Waals surface area contributed by atoms with Gasteiger partial charge in [0.05, 0.1) is 17.7 Å². The number of hydrogen-bond donors (Lipinski definition) is 2. The fourth-order valence-electron chi connectivity index (χ4n) is 2.42. The molecule has 0 aliphatic carbocycles. The Hall–Kier alpha value is -2.94. The SMILES string of the molecule is CCOC(=O)N(CCN)C(=O)NCCN1C(=O)c2ccccc2C1=O. The summed E-state index contributed by atoms with van der Waals surface area (Å²) < 4.78 is 4.79. The van der Waals surface area contributed by atoms with Gasteiger partial charge in [0.2, 0.25) is 0 Å². The fourth-order valence-corrected chi connectivity index (χ4v) is 2.42. The molecule has 2 rings (SSSR count). The Labute approximate surface area is 144 Å². The highest BCUT2D eigenvalue weighted by Crippen LogP contribution is 2.21. The number of benzene rings is 1. The summed E-state index contributed by atoms with van der Waals surface area (Å²) in [5.41, 5.74) is 6.07. The van der Waals surface area contributed by atoms with Crippen LogP contribution >= 0.6 is 0 Å². The normalized spacial score (nSPS) is 12.8. The van der Waals surface area contributed by atoms with Crippen LogP contribution in [0.25, 0.3) is 0 Å². The van der Waals surface area contributed by atoms with E-state index < -0.39 is 23.9 Å².